The number of aliphatic hydroxyl groups is 2. The van der Waals surface area contributed by atoms with Crippen LogP contribution in [-0.4, -0.2) is 100 Å². The highest BCUT2D eigenvalue weighted by Gasteiger charge is 2.43. The second-order valence-electron chi connectivity index (χ2n) is 15.2. The van der Waals surface area contributed by atoms with Gasteiger partial charge in [0.1, 0.15) is 30.5 Å². The Balaban J connectivity index is 2.67. The summed E-state index contributed by atoms with van der Waals surface area (Å²) in [4.78, 5) is 78.5. The lowest BCUT2D eigenvalue weighted by molar-refractivity contribution is -0.144. The molecule has 0 bridgehead atoms. The first kappa shape index (κ1) is 47.7. The molecule has 1 rings (SSSR count). The molecule has 0 radical (unpaired) electrons. The molecular formula is C40H71N5O8. The summed E-state index contributed by atoms with van der Waals surface area (Å²) in [5.41, 5.74) is 0. The van der Waals surface area contributed by atoms with Crippen LogP contribution in [-0.2, 0) is 28.8 Å². The summed E-state index contributed by atoms with van der Waals surface area (Å²) < 4.78 is 0. The van der Waals surface area contributed by atoms with E-state index in [0.29, 0.717) is 19.1 Å². The highest BCUT2D eigenvalue weighted by molar-refractivity contribution is 5.96. The number of aldehydes is 1. The third-order valence-corrected chi connectivity index (χ3v) is 9.70. The predicted molar refractivity (Wildman–Crippen MR) is 206 cm³/mol. The summed E-state index contributed by atoms with van der Waals surface area (Å²) in [6, 6.07) is -5.19. The molecule has 0 aromatic rings. The highest BCUT2D eigenvalue weighted by Crippen LogP contribution is 2.25. The molecule has 1 aliphatic heterocycles. The van der Waals surface area contributed by atoms with Crippen molar-refractivity contribution in [2.45, 2.75) is 181 Å². The van der Waals surface area contributed by atoms with E-state index in [1.54, 1.807) is 13.8 Å². The normalized spacial score (nSPS) is 18.6. The molecule has 53 heavy (non-hydrogen) atoms. The second-order valence-corrected chi connectivity index (χ2v) is 15.2. The number of hydrogen-bond acceptors (Lipinski definition) is 8. The Morgan fingerprint density at radius 1 is 0.774 bits per heavy atom. The standard InChI is InChI=1S/C40H71N5O8/c1-7-8-9-10-11-12-13-14-15-16-17-18-19-20-21-22-34(49)43-36(31(6)48)40(53)45-26-29(4)25-33(45)38(51)44-35(28(2)3)39(52)42-32(23-24-46)37(50)41-30(5)27-47/h14-15,27-33,35-36,46,48H,7-13,16-26H2,1-6H3,(H,41,50)(H,42,52)(H,43,49)(H,44,51)/b15-14-/t29-,30+,31-,32+,33+,35+,36+/m1/s1. The first-order valence-corrected chi connectivity index (χ1v) is 20.2. The average molecular weight is 750 g/mol. The Morgan fingerprint density at radius 2 is 1.36 bits per heavy atom. The van der Waals surface area contributed by atoms with Crippen molar-refractivity contribution in [1.29, 1.82) is 0 Å². The van der Waals surface area contributed by atoms with Crippen molar-refractivity contribution in [2.24, 2.45) is 11.8 Å². The molecule has 0 spiro atoms. The van der Waals surface area contributed by atoms with Gasteiger partial charge in [0.15, 0.2) is 0 Å². The summed E-state index contributed by atoms with van der Waals surface area (Å²) in [5, 5.41) is 30.4. The van der Waals surface area contributed by atoms with Gasteiger partial charge in [-0.25, -0.2) is 0 Å². The van der Waals surface area contributed by atoms with Gasteiger partial charge in [-0.1, -0.05) is 91.2 Å². The van der Waals surface area contributed by atoms with Crippen LogP contribution < -0.4 is 21.3 Å². The smallest absolute Gasteiger partial charge is 0.248 e. The van der Waals surface area contributed by atoms with Gasteiger partial charge in [-0.2, -0.15) is 0 Å². The fraction of sp³-hybridized carbons (Fsp3) is 0.800. The van der Waals surface area contributed by atoms with Crippen LogP contribution in [0.1, 0.15) is 144 Å². The molecule has 0 unspecified atom stereocenters. The molecule has 13 heteroatoms. The van der Waals surface area contributed by atoms with Gasteiger partial charge in [-0.05, 0) is 70.6 Å². The van der Waals surface area contributed by atoms with E-state index in [1.807, 2.05) is 6.92 Å². The van der Waals surface area contributed by atoms with E-state index in [4.69, 9.17) is 0 Å². The van der Waals surface area contributed by atoms with Gasteiger partial charge in [-0.15, -0.1) is 0 Å². The van der Waals surface area contributed by atoms with Gasteiger partial charge >= 0.3 is 0 Å². The number of allylic oxidation sites excluding steroid dienone is 2. The molecule has 13 nitrogen and oxygen atoms in total. The zero-order chi connectivity index (χ0) is 39.8. The van der Waals surface area contributed by atoms with Gasteiger partial charge in [0.05, 0.1) is 12.1 Å². The van der Waals surface area contributed by atoms with Gasteiger partial charge in [0.2, 0.25) is 29.5 Å². The number of aliphatic hydroxyl groups excluding tert-OH is 2. The first-order valence-electron chi connectivity index (χ1n) is 20.2. The Kier molecular flexibility index (Phi) is 24.6. The van der Waals surface area contributed by atoms with Crippen LogP contribution in [0.25, 0.3) is 0 Å². The lowest BCUT2D eigenvalue weighted by Crippen LogP contribution is -2.60. The Hall–Kier alpha value is -3.32. The number of unbranched alkanes of at least 4 members (excludes halogenated alkanes) is 11. The van der Waals surface area contributed by atoms with Crippen molar-refractivity contribution in [2.75, 3.05) is 13.2 Å². The summed E-state index contributed by atoms with van der Waals surface area (Å²) in [6.45, 7) is 10.3. The zero-order valence-corrected chi connectivity index (χ0v) is 33.4. The lowest BCUT2D eigenvalue weighted by atomic mass is 10.0. The minimum absolute atomic E-state index is 0.0559. The van der Waals surface area contributed by atoms with Gasteiger partial charge < -0.3 is 41.2 Å². The number of nitrogens with one attached hydrogen (secondary N) is 4. The highest BCUT2D eigenvalue weighted by atomic mass is 16.3. The van der Waals surface area contributed by atoms with E-state index in [9.17, 15) is 39.0 Å². The minimum atomic E-state index is -1.23. The topological polar surface area (TPSA) is 194 Å². The number of carbonyl (C=O) groups is 6. The third-order valence-electron chi connectivity index (χ3n) is 9.70. The lowest BCUT2D eigenvalue weighted by Gasteiger charge is -2.31. The van der Waals surface area contributed by atoms with Crippen molar-refractivity contribution in [3.8, 4) is 0 Å². The molecule has 0 aromatic carbocycles. The largest absolute Gasteiger partial charge is 0.396 e. The van der Waals surface area contributed by atoms with Crippen LogP contribution in [0.4, 0.5) is 0 Å². The van der Waals surface area contributed by atoms with Gasteiger partial charge in [0.25, 0.3) is 0 Å². The molecule has 5 amide bonds. The zero-order valence-electron chi connectivity index (χ0n) is 33.4. The molecule has 0 aromatic heterocycles. The summed E-state index contributed by atoms with van der Waals surface area (Å²) in [6.07, 6.45) is 19.2. The average Bonchev–Trinajstić information content (AvgIpc) is 3.51. The van der Waals surface area contributed by atoms with E-state index >= 15 is 0 Å². The van der Waals surface area contributed by atoms with Gasteiger partial charge in [0, 0.05) is 19.6 Å². The number of likely N-dealkylation sites (tertiary alicyclic amines) is 1. The number of hydrogen-bond donors (Lipinski definition) is 6. The van der Waals surface area contributed by atoms with Crippen molar-refractivity contribution in [3.63, 3.8) is 0 Å². The summed E-state index contributed by atoms with van der Waals surface area (Å²) in [7, 11) is 0. The molecule has 1 aliphatic rings. The second kappa shape index (κ2) is 27.3. The number of amides is 5. The van der Waals surface area contributed by atoms with Crippen molar-refractivity contribution < 1.29 is 39.0 Å². The maximum atomic E-state index is 13.7. The van der Waals surface area contributed by atoms with E-state index in [2.05, 4.69) is 40.3 Å². The molecule has 7 atom stereocenters. The molecule has 0 aliphatic carbocycles. The summed E-state index contributed by atoms with van der Waals surface area (Å²) >= 11 is 0. The fourth-order valence-electron chi connectivity index (χ4n) is 6.51. The molecule has 1 fully saturated rings. The van der Waals surface area contributed by atoms with Crippen LogP contribution in [0.3, 0.4) is 0 Å². The number of carbonyl (C=O) groups excluding carboxylic acids is 6. The number of rotatable bonds is 28. The molecule has 0 saturated carbocycles. The Morgan fingerprint density at radius 3 is 1.91 bits per heavy atom. The maximum absolute atomic E-state index is 13.7. The monoisotopic (exact) mass is 750 g/mol. The first-order chi connectivity index (χ1) is 25.3. The van der Waals surface area contributed by atoms with Crippen LogP contribution in [0.5, 0.6) is 0 Å². The molecular weight excluding hydrogens is 678 g/mol. The maximum Gasteiger partial charge on any atom is 0.248 e. The molecule has 1 heterocycles. The Labute approximate surface area is 318 Å². The van der Waals surface area contributed by atoms with Crippen molar-refractivity contribution in [1.82, 2.24) is 26.2 Å². The minimum Gasteiger partial charge on any atom is -0.396 e. The van der Waals surface area contributed by atoms with Crippen molar-refractivity contribution in [3.05, 3.63) is 12.2 Å². The van der Waals surface area contributed by atoms with E-state index < -0.39 is 72.5 Å². The predicted octanol–water partition coefficient (Wildman–Crippen LogP) is 3.84. The number of nitrogens with zero attached hydrogens (tertiary/aromatic N) is 1. The van der Waals surface area contributed by atoms with E-state index in [1.165, 1.54) is 57.3 Å². The molecule has 304 valence electrons. The van der Waals surface area contributed by atoms with Gasteiger partial charge in [-0.3, -0.25) is 24.0 Å². The van der Waals surface area contributed by atoms with Crippen LogP contribution >= 0.6 is 0 Å². The van der Waals surface area contributed by atoms with Crippen LogP contribution in [0.15, 0.2) is 12.2 Å². The summed E-state index contributed by atoms with van der Waals surface area (Å²) in [5.74, 6) is -3.25. The Bertz CT molecular complexity index is 1150. The third kappa shape index (κ3) is 19.0. The quantitative estimate of drug-likeness (QED) is 0.0395. The molecule has 1 saturated heterocycles. The fourth-order valence-corrected chi connectivity index (χ4v) is 6.51. The van der Waals surface area contributed by atoms with E-state index in [0.717, 1.165) is 38.5 Å². The van der Waals surface area contributed by atoms with Crippen molar-refractivity contribution >= 4 is 35.8 Å². The SMILES string of the molecule is CCCCCCCC/C=C\CCCCCCCC(=O)N[C@H](C(=O)N1C[C@H](C)C[C@H]1C(=O)N[C@H](C(=O)N[C@@H](CCO)C(=O)N[C@@H](C)C=O)C(C)C)[C@@H](C)O. The van der Waals surface area contributed by atoms with E-state index in [-0.39, 0.29) is 31.2 Å². The van der Waals surface area contributed by atoms with Crippen LogP contribution in [0.2, 0.25) is 0 Å². The van der Waals surface area contributed by atoms with Crippen LogP contribution in [0, 0.1) is 11.8 Å². The molecule has 6 N–H and O–H groups in total.